The topological polar surface area (TPSA) is 47.0 Å². The number of rotatable bonds is 4. The second-order valence-corrected chi connectivity index (χ2v) is 5.27. The molecule has 1 N–H and O–H groups in total. The zero-order chi connectivity index (χ0) is 13.9. The molecule has 3 aromatic rings. The predicted molar refractivity (Wildman–Crippen MR) is 83.3 cm³/mol. The average molecular weight is 306 g/mol. The van der Waals surface area contributed by atoms with Gasteiger partial charge in [0.25, 0.3) is 0 Å². The molecule has 2 heterocycles. The van der Waals surface area contributed by atoms with Crippen LogP contribution in [0.2, 0.25) is 5.28 Å². The summed E-state index contributed by atoms with van der Waals surface area (Å²) in [6, 6.07) is 9.71. The van der Waals surface area contributed by atoms with Crippen molar-refractivity contribution in [3.05, 3.63) is 41.0 Å². The monoisotopic (exact) mass is 305 g/mol. The van der Waals surface area contributed by atoms with Gasteiger partial charge in [0.2, 0.25) is 5.28 Å². The molecule has 20 heavy (non-hydrogen) atoms. The normalized spacial score (nSPS) is 10.7. The van der Waals surface area contributed by atoms with E-state index in [1.54, 1.807) is 0 Å². The van der Waals surface area contributed by atoms with E-state index in [-0.39, 0.29) is 5.28 Å². The van der Waals surface area contributed by atoms with Gasteiger partial charge in [-0.15, -0.1) is 11.3 Å². The first kappa shape index (κ1) is 13.1. The van der Waals surface area contributed by atoms with Gasteiger partial charge in [-0.2, -0.15) is 4.98 Å². The Labute approximate surface area is 125 Å². The summed E-state index contributed by atoms with van der Waals surface area (Å²) < 4.78 is 5.60. The van der Waals surface area contributed by atoms with Crippen molar-refractivity contribution in [2.45, 2.75) is 6.92 Å². The summed E-state index contributed by atoms with van der Waals surface area (Å²) in [5, 5.41) is 6.42. The van der Waals surface area contributed by atoms with Crippen molar-refractivity contribution >= 4 is 44.7 Å². The van der Waals surface area contributed by atoms with Gasteiger partial charge in [0.1, 0.15) is 16.4 Å². The second kappa shape index (κ2) is 5.64. The van der Waals surface area contributed by atoms with E-state index < -0.39 is 0 Å². The molecule has 0 atom stereocenters. The Bertz CT molecular complexity index is 744. The summed E-state index contributed by atoms with van der Waals surface area (Å²) in [5.41, 5.74) is 0.858. The Morgan fingerprint density at radius 1 is 1.25 bits per heavy atom. The quantitative estimate of drug-likeness (QED) is 0.722. The molecule has 0 radical (unpaired) electrons. The molecule has 0 aliphatic heterocycles. The summed E-state index contributed by atoms with van der Waals surface area (Å²) in [6.45, 7) is 2.56. The zero-order valence-corrected chi connectivity index (χ0v) is 12.3. The molecular formula is C14H12ClN3OS. The summed E-state index contributed by atoms with van der Waals surface area (Å²) in [4.78, 5) is 9.33. The van der Waals surface area contributed by atoms with Crippen LogP contribution < -0.4 is 10.1 Å². The number of nitrogens with one attached hydrogen (secondary N) is 1. The lowest BCUT2D eigenvalue weighted by Gasteiger charge is -2.12. The van der Waals surface area contributed by atoms with E-state index in [9.17, 15) is 0 Å². The number of thiophene rings is 1. The molecule has 0 spiro atoms. The van der Waals surface area contributed by atoms with Gasteiger partial charge in [-0.25, -0.2) is 4.98 Å². The molecule has 0 saturated carbocycles. The van der Waals surface area contributed by atoms with E-state index in [0.29, 0.717) is 12.4 Å². The smallest absolute Gasteiger partial charge is 0.225 e. The van der Waals surface area contributed by atoms with Gasteiger partial charge in [0.05, 0.1) is 17.7 Å². The molecule has 0 saturated heterocycles. The maximum absolute atomic E-state index is 5.96. The lowest BCUT2D eigenvalue weighted by Crippen LogP contribution is -2.00. The predicted octanol–water partition coefficient (Wildman–Crippen LogP) is 4.49. The minimum absolute atomic E-state index is 0.233. The number of hydrogen-bond donors (Lipinski definition) is 1. The van der Waals surface area contributed by atoms with Crippen molar-refractivity contribution in [2.75, 3.05) is 11.9 Å². The summed E-state index contributed by atoms with van der Waals surface area (Å²) >= 11 is 7.49. The van der Waals surface area contributed by atoms with E-state index in [1.807, 2.05) is 42.6 Å². The summed E-state index contributed by atoms with van der Waals surface area (Å²) in [5.74, 6) is 1.47. The van der Waals surface area contributed by atoms with Crippen LogP contribution in [0.15, 0.2) is 35.7 Å². The Morgan fingerprint density at radius 3 is 2.95 bits per heavy atom. The number of benzene rings is 1. The molecule has 2 aromatic heterocycles. The highest BCUT2D eigenvalue weighted by Gasteiger charge is 2.10. The van der Waals surface area contributed by atoms with Crippen LogP contribution in [0.4, 0.5) is 11.5 Å². The number of anilines is 2. The largest absolute Gasteiger partial charge is 0.492 e. The van der Waals surface area contributed by atoms with Crippen LogP contribution in [0.3, 0.4) is 0 Å². The van der Waals surface area contributed by atoms with Crippen LogP contribution >= 0.6 is 22.9 Å². The Morgan fingerprint density at radius 2 is 2.10 bits per heavy atom. The molecule has 1 aromatic carbocycles. The third-order valence-corrected chi connectivity index (χ3v) is 3.71. The molecular weight excluding hydrogens is 294 g/mol. The average Bonchev–Trinajstić information content (AvgIpc) is 2.89. The van der Waals surface area contributed by atoms with Crippen LogP contribution in [-0.2, 0) is 0 Å². The molecule has 4 nitrogen and oxygen atoms in total. The van der Waals surface area contributed by atoms with Crippen molar-refractivity contribution in [2.24, 2.45) is 0 Å². The molecule has 0 unspecified atom stereocenters. The number of aromatic nitrogens is 2. The Hall–Kier alpha value is -1.85. The summed E-state index contributed by atoms with van der Waals surface area (Å²) in [7, 11) is 0. The van der Waals surface area contributed by atoms with Gasteiger partial charge in [-0.05, 0) is 42.1 Å². The Kier molecular flexibility index (Phi) is 3.71. The Balaban J connectivity index is 2.03. The van der Waals surface area contributed by atoms with Crippen molar-refractivity contribution in [1.82, 2.24) is 9.97 Å². The number of fused-ring (bicyclic) bond motifs is 1. The van der Waals surface area contributed by atoms with Crippen molar-refractivity contribution in [3.63, 3.8) is 0 Å². The summed E-state index contributed by atoms with van der Waals surface area (Å²) in [6.07, 6.45) is 0. The van der Waals surface area contributed by atoms with Crippen molar-refractivity contribution < 1.29 is 4.74 Å². The second-order valence-electron chi connectivity index (χ2n) is 4.03. The minimum atomic E-state index is 0.233. The van der Waals surface area contributed by atoms with E-state index in [0.717, 1.165) is 21.7 Å². The molecule has 6 heteroatoms. The zero-order valence-electron chi connectivity index (χ0n) is 10.8. The van der Waals surface area contributed by atoms with Gasteiger partial charge in [0.15, 0.2) is 0 Å². The van der Waals surface area contributed by atoms with Crippen molar-refractivity contribution in [1.29, 1.82) is 0 Å². The number of para-hydroxylation sites is 2. The third kappa shape index (κ3) is 2.55. The fraction of sp³-hybridized carbons (Fsp3) is 0.143. The van der Waals surface area contributed by atoms with Gasteiger partial charge < -0.3 is 10.1 Å². The number of halogens is 1. The van der Waals surface area contributed by atoms with Gasteiger partial charge in [-0.1, -0.05) is 12.1 Å². The SMILES string of the molecule is CCOc1ccccc1Nc1nc(Cl)nc2sccc12. The van der Waals surface area contributed by atoms with Crippen LogP contribution in [0.5, 0.6) is 5.75 Å². The first-order valence-corrected chi connectivity index (χ1v) is 7.43. The van der Waals surface area contributed by atoms with Crippen LogP contribution in [0, 0.1) is 0 Å². The lowest BCUT2D eigenvalue weighted by atomic mass is 10.3. The minimum Gasteiger partial charge on any atom is -0.492 e. The highest BCUT2D eigenvalue weighted by Crippen LogP contribution is 2.32. The molecule has 0 aliphatic carbocycles. The molecule has 0 aliphatic rings. The molecule has 0 fully saturated rings. The van der Waals surface area contributed by atoms with Crippen LogP contribution in [0.1, 0.15) is 6.92 Å². The molecule has 0 amide bonds. The van der Waals surface area contributed by atoms with E-state index in [2.05, 4.69) is 15.3 Å². The molecule has 102 valence electrons. The molecule has 0 bridgehead atoms. The molecule has 3 rings (SSSR count). The maximum Gasteiger partial charge on any atom is 0.225 e. The number of hydrogen-bond acceptors (Lipinski definition) is 5. The van der Waals surface area contributed by atoms with Crippen LogP contribution in [0.25, 0.3) is 10.2 Å². The van der Waals surface area contributed by atoms with Gasteiger partial charge in [-0.3, -0.25) is 0 Å². The first-order valence-electron chi connectivity index (χ1n) is 6.17. The van der Waals surface area contributed by atoms with Crippen LogP contribution in [-0.4, -0.2) is 16.6 Å². The van der Waals surface area contributed by atoms with E-state index in [4.69, 9.17) is 16.3 Å². The van der Waals surface area contributed by atoms with E-state index in [1.165, 1.54) is 11.3 Å². The fourth-order valence-electron chi connectivity index (χ4n) is 1.90. The standard InChI is InChI=1S/C14H12ClN3OS/c1-2-19-11-6-4-3-5-10(11)16-12-9-7-8-20-13(9)18-14(15)17-12/h3-8H,2H2,1H3,(H,16,17,18). The fourth-order valence-corrected chi connectivity index (χ4v) is 2.89. The first-order chi connectivity index (χ1) is 9.78. The van der Waals surface area contributed by atoms with Gasteiger partial charge >= 0.3 is 0 Å². The highest BCUT2D eigenvalue weighted by atomic mass is 35.5. The number of ether oxygens (including phenoxy) is 1. The number of nitrogens with zero attached hydrogens (tertiary/aromatic N) is 2. The van der Waals surface area contributed by atoms with Crippen molar-refractivity contribution in [3.8, 4) is 5.75 Å². The third-order valence-electron chi connectivity index (χ3n) is 2.74. The lowest BCUT2D eigenvalue weighted by molar-refractivity contribution is 0.342. The maximum atomic E-state index is 5.96. The highest BCUT2D eigenvalue weighted by molar-refractivity contribution is 7.16. The van der Waals surface area contributed by atoms with Gasteiger partial charge in [0, 0.05) is 0 Å². The van der Waals surface area contributed by atoms with E-state index >= 15 is 0 Å².